The van der Waals surface area contributed by atoms with E-state index in [-0.39, 0.29) is 17.5 Å². The first kappa shape index (κ1) is 27.8. The number of rotatable bonds is 9. The second-order valence-corrected chi connectivity index (χ2v) is 10.1. The van der Waals surface area contributed by atoms with E-state index in [0.717, 1.165) is 35.3 Å². The van der Waals surface area contributed by atoms with Crippen LogP contribution in [0.2, 0.25) is 0 Å². The summed E-state index contributed by atoms with van der Waals surface area (Å²) in [6.07, 6.45) is 9.18. The average molecular weight is 525 g/mol. The first-order valence-electron chi connectivity index (χ1n) is 13.3. The van der Waals surface area contributed by atoms with Crippen LogP contribution in [-0.4, -0.2) is 6.43 Å². The first-order valence-corrected chi connectivity index (χ1v) is 13.3. The second kappa shape index (κ2) is 13.0. The van der Waals surface area contributed by atoms with Gasteiger partial charge in [-0.15, -0.1) is 0 Å². The molecule has 0 nitrogen and oxygen atoms in total. The molecule has 0 saturated heterocycles. The van der Waals surface area contributed by atoms with Crippen molar-refractivity contribution in [3.8, 4) is 11.1 Å². The van der Waals surface area contributed by atoms with Gasteiger partial charge in [0.1, 0.15) is 17.5 Å². The van der Waals surface area contributed by atoms with Gasteiger partial charge in [-0.1, -0.05) is 74.4 Å². The molecule has 0 heterocycles. The average Bonchev–Trinajstić information content (AvgIpc) is 2.90. The summed E-state index contributed by atoms with van der Waals surface area (Å²) in [4.78, 5) is 0. The predicted octanol–water partition coefficient (Wildman–Crippen LogP) is 10.4. The summed E-state index contributed by atoms with van der Waals surface area (Å²) in [7, 11) is 0. The van der Waals surface area contributed by atoms with Crippen molar-refractivity contribution in [1.29, 1.82) is 0 Å². The standard InChI is InChI=1S/C33H33F5/c1-2-4-22-7-10-24(11-8-22)25-13-15-26(16-14-25)28-18-17-27(30(34)21-28)12-9-23-19-31(35)29(32(36)20-23)5-3-6-33(37)38/h3,6,9,12-22,24,33H,2,4-5,7-8,10-11H2,1H3. The van der Waals surface area contributed by atoms with E-state index in [1.165, 1.54) is 62.3 Å². The Morgan fingerprint density at radius 1 is 0.789 bits per heavy atom. The molecule has 200 valence electrons. The van der Waals surface area contributed by atoms with E-state index < -0.39 is 23.9 Å². The molecule has 1 aliphatic carbocycles. The van der Waals surface area contributed by atoms with Crippen molar-refractivity contribution in [1.82, 2.24) is 0 Å². The summed E-state index contributed by atoms with van der Waals surface area (Å²) in [5.41, 5.74) is 3.26. The van der Waals surface area contributed by atoms with Crippen LogP contribution >= 0.6 is 0 Å². The smallest absolute Gasteiger partial charge is 0.207 e. The Morgan fingerprint density at radius 3 is 2.05 bits per heavy atom. The predicted molar refractivity (Wildman–Crippen MR) is 146 cm³/mol. The number of halogens is 5. The van der Waals surface area contributed by atoms with Crippen molar-refractivity contribution in [3.63, 3.8) is 0 Å². The summed E-state index contributed by atoms with van der Waals surface area (Å²) in [5, 5.41) is 0. The normalized spacial score (nSPS) is 18.2. The lowest BCUT2D eigenvalue weighted by Gasteiger charge is -2.28. The Hall–Kier alpha value is -3.21. The Morgan fingerprint density at radius 2 is 1.45 bits per heavy atom. The van der Waals surface area contributed by atoms with E-state index in [1.54, 1.807) is 6.07 Å². The Labute approximate surface area is 221 Å². The summed E-state index contributed by atoms with van der Waals surface area (Å²) in [5.74, 6) is -0.648. The van der Waals surface area contributed by atoms with E-state index in [9.17, 15) is 22.0 Å². The maximum atomic E-state index is 14.9. The molecule has 38 heavy (non-hydrogen) atoms. The summed E-state index contributed by atoms with van der Waals surface area (Å²) in [6.45, 7) is 2.25. The van der Waals surface area contributed by atoms with Crippen LogP contribution in [0.15, 0.2) is 66.7 Å². The first-order chi connectivity index (χ1) is 18.3. The number of hydrogen-bond donors (Lipinski definition) is 0. The molecule has 0 atom stereocenters. The molecule has 0 unspecified atom stereocenters. The third-order valence-electron chi connectivity index (χ3n) is 7.48. The lowest BCUT2D eigenvalue weighted by atomic mass is 9.77. The molecule has 0 aromatic heterocycles. The SMILES string of the molecule is CCCC1CCC(c2ccc(-c3ccc(C=Cc4cc(F)c(CC=CC(F)F)c(F)c4)c(F)c3)cc2)CC1. The highest BCUT2D eigenvalue weighted by molar-refractivity contribution is 5.72. The van der Waals surface area contributed by atoms with Crippen LogP contribution in [-0.2, 0) is 6.42 Å². The third kappa shape index (κ3) is 7.21. The van der Waals surface area contributed by atoms with Crippen molar-refractivity contribution in [3.05, 3.63) is 106 Å². The maximum Gasteiger partial charge on any atom is 0.257 e. The fourth-order valence-corrected chi connectivity index (χ4v) is 5.37. The summed E-state index contributed by atoms with van der Waals surface area (Å²) in [6, 6.07) is 15.5. The molecule has 0 bridgehead atoms. The fraction of sp³-hybridized carbons (Fsp3) is 0.333. The number of allylic oxidation sites excluding steroid dienone is 2. The monoisotopic (exact) mass is 524 g/mol. The molecule has 1 aliphatic rings. The largest absolute Gasteiger partial charge is 0.257 e. The topological polar surface area (TPSA) is 0 Å². The molecule has 1 saturated carbocycles. The van der Waals surface area contributed by atoms with Crippen molar-refractivity contribution >= 4 is 12.2 Å². The lowest BCUT2D eigenvalue weighted by molar-refractivity contribution is 0.204. The highest BCUT2D eigenvalue weighted by atomic mass is 19.3. The molecule has 0 spiro atoms. The maximum absolute atomic E-state index is 14.9. The molecule has 0 aliphatic heterocycles. The van der Waals surface area contributed by atoms with Gasteiger partial charge in [-0.05, 0) is 90.5 Å². The van der Waals surface area contributed by atoms with Gasteiger partial charge < -0.3 is 0 Å². The highest BCUT2D eigenvalue weighted by Crippen LogP contribution is 2.38. The van der Waals surface area contributed by atoms with Crippen molar-refractivity contribution < 1.29 is 22.0 Å². The molecular weight excluding hydrogens is 491 g/mol. The Balaban J connectivity index is 1.42. The van der Waals surface area contributed by atoms with E-state index in [4.69, 9.17) is 0 Å². The van der Waals surface area contributed by atoms with Crippen LogP contribution in [0.5, 0.6) is 0 Å². The van der Waals surface area contributed by atoms with Gasteiger partial charge in [-0.25, -0.2) is 22.0 Å². The minimum atomic E-state index is -2.68. The zero-order valence-electron chi connectivity index (χ0n) is 21.6. The van der Waals surface area contributed by atoms with Gasteiger partial charge in [0.2, 0.25) is 0 Å². The van der Waals surface area contributed by atoms with Gasteiger partial charge in [0, 0.05) is 11.1 Å². The van der Waals surface area contributed by atoms with E-state index in [0.29, 0.717) is 17.6 Å². The van der Waals surface area contributed by atoms with Crippen molar-refractivity contribution in [2.75, 3.05) is 0 Å². The number of alkyl halides is 2. The van der Waals surface area contributed by atoms with Gasteiger partial charge in [0.15, 0.2) is 0 Å². The Bertz CT molecular complexity index is 1240. The van der Waals surface area contributed by atoms with Crippen LogP contribution in [0.25, 0.3) is 23.3 Å². The van der Waals surface area contributed by atoms with E-state index in [2.05, 4.69) is 19.1 Å². The summed E-state index contributed by atoms with van der Waals surface area (Å²) >= 11 is 0. The van der Waals surface area contributed by atoms with Gasteiger partial charge >= 0.3 is 0 Å². The van der Waals surface area contributed by atoms with Crippen LogP contribution in [0.1, 0.15) is 73.6 Å². The van der Waals surface area contributed by atoms with E-state index in [1.807, 2.05) is 18.2 Å². The minimum absolute atomic E-state index is 0.212. The molecular formula is C33H33F5. The molecule has 0 N–H and O–H groups in total. The summed E-state index contributed by atoms with van der Waals surface area (Å²) < 4.78 is 67.9. The van der Waals surface area contributed by atoms with E-state index >= 15 is 0 Å². The fourth-order valence-electron chi connectivity index (χ4n) is 5.37. The molecule has 1 fully saturated rings. The zero-order chi connectivity index (χ0) is 27.1. The third-order valence-corrected chi connectivity index (χ3v) is 7.48. The van der Waals surface area contributed by atoms with Gasteiger partial charge in [0.25, 0.3) is 6.43 Å². The van der Waals surface area contributed by atoms with Crippen molar-refractivity contribution in [2.45, 2.75) is 64.2 Å². The van der Waals surface area contributed by atoms with Gasteiger partial charge in [0.05, 0.1) is 0 Å². The number of hydrogen-bond acceptors (Lipinski definition) is 0. The molecule has 3 aromatic rings. The van der Waals surface area contributed by atoms with Gasteiger partial charge in [-0.2, -0.15) is 0 Å². The van der Waals surface area contributed by atoms with Crippen LogP contribution in [0.3, 0.4) is 0 Å². The Kier molecular flexibility index (Phi) is 9.54. The van der Waals surface area contributed by atoms with Crippen LogP contribution in [0.4, 0.5) is 22.0 Å². The molecule has 5 heteroatoms. The van der Waals surface area contributed by atoms with Gasteiger partial charge in [-0.3, -0.25) is 0 Å². The molecule has 4 rings (SSSR count). The van der Waals surface area contributed by atoms with Crippen LogP contribution < -0.4 is 0 Å². The quantitative estimate of drug-likeness (QED) is 0.148. The van der Waals surface area contributed by atoms with Crippen molar-refractivity contribution in [2.24, 2.45) is 5.92 Å². The molecule has 3 aromatic carbocycles. The highest BCUT2D eigenvalue weighted by Gasteiger charge is 2.21. The lowest BCUT2D eigenvalue weighted by Crippen LogP contribution is -2.13. The second-order valence-electron chi connectivity index (χ2n) is 10.1. The zero-order valence-corrected chi connectivity index (χ0v) is 21.6. The van der Waals surface area contributed by atoms with Crippen LogP contribution in [0, 0.1) is 23.4 Å². The molecule has 0 amide bonds. The minimum Gasteiger partial charge on any atom is -0.207 e. The molecule has 0 radical (unpaired) electrons. The number of benzene rings is 3.